The predicted molar refractivity (Wildman–Crippen MR) is 83.7 cm³/mol. The van der Waals surface area contributed by atoms with Gasteiger partial charge in [0, 0.05) is 17.4 Å². The first-order valence-corrected chi connectivity index (χ1v) is 8.40. The zero-order chi connectivity index (χ0) is 15.7. The Morgan fingerprint density at radius 3 is 2.91 bits per heavy atom. The van der Waals surface area contributed by atoms with Gasteiger partial charge in [-0.25, -0.2) is 15.0 Å². The summed E-state index contributed by atoms with van der Waals surface area (Å²) in [6, 6.07) is 0. The quantitative estimate of drug-likeness (QED) is 0.511. The molecule has 1 aliphatic rings. The van der Waals surface area contributed by atoms with Crippen molar-refractivity contribution in [1.82, 2.24) is 19.5 Å². The lowest BCUT2D eigenvalue weighted by atomic mass is 10.1. The maximum absolute atomic E-state index is 10.3. The van der Waals surface area contributed by atoms with Crippen molar-refractivity contribution in [3.8, 4) is 0 Å². The van der Waals surface area contributed by atoms with Gasteiger partial charge in [0.25, 0.3) is 0 Å². The van der Waals surface area contributed by atoms with Gasteiger partial charge in [-0.1, -0.05) is 0 Å². The van der Waals surface area contributed by atoms with E-state index >= 15 is 0 Å². The molecule has 1 fully saturated rings. The lowest BCUT2D eigenvalue weighted by Gasteiger charge is -2.16. The summed E-state index contributed by atoms with van der Waals surface area (Å²) in [5.41, 5.74) is 6.64. The number of thioether (sulfide) groups is 1. The van der Waals surface area contributed by atoms with E-state index in [1.807, 2.05) is 0 Å². The second kappa shape index (κ2) is 6.55. The highest BCUT2D eigenvalue weighted by molar-refractivity contribution is 7.99. The number of aliphatic hydroxyl groups excluding tert-OH is 2. The highest BCUT2D eigenvalue weighted by Crippen LogP contribution is 2.33. The van der Waals surface area contributed by atoms with E-state index in [1.165, 1.54) is 12.7 Å². The average molecular weight is 346 g/mol. The number of alkyl halides is 1. The number of nitrogens with two attached hydrogens (primary N) is 1. The van der Waals surface area contributed by atoms with E-state index < -0.39 is 24.5 Å². The number of ether oxygens (including phenoxy) is 1. The van der Waals surface area contributed by atoms with Gasteiger partial charge in [0.1, 0.15) is 24.1 Å². The van der Waals surface area contributed by atoms with Gasteiger partial charge in [0.2, 0.25) is 0 Å². The van der Waals surface area contributed by atoms with Gasteiger partial charge in [-0.2, -0.15) is 11.8 Å². The van der Waals surface area contributed by atoms with Gasteiger partial charge in [0.05, 0.1) is 12.4 Å². The summed E-state index contributed by atoms with van der Waals surface area (Å²) in [6.45, 7) is 0. The largest absolute Gasteiger partial charge is 0.387 e. The minimum Gasteiger partial charge on any atom is -0.387 e. The first kappa shape index (κ1) is 15.8. The Labute approximate surface area is 135 Å². The van der Waals surface area contributed by atoms with Crippen molar-refractivity contribution in [1.29, 1.82) is 0 Å². The van der Waals surface area contributed by atoms with Crippen molar-refractivity contribution in [2.24, 2.45) is 0 Å². The van der Waals surface area contributed by atoms with Crippen LogP contribution in [0.3, 0.4) is 0 Å². The van der Waals surface area contributed by atoms with Crippen LogP contribution in [0.2, 0.25) is 0 Å². The lowest BCUT2D eigenvalue weighted by molar-refractivity contribution is -0.0288. The monoisotopic (exact) mass is 345 g/mol. The van der Waals surface area contributed by atoms with Crippen molar-refractivity contribution in [3.05, 3.63) is 12.7 Å². The number of fused-ring (bicyclic) bond motifs is 1. The zero-order valence-electron chi connectivity index (χ0n) is 11.5. The molecule has 2 aromatic heterocycles. The Kier molecular flexibility index (Phi) is 4.69. The molecule has 10 heteroatoms. The number of nitrogens with zero attached hydrogens (tertiary/aromatic N) is 4. The molecule has 1 saturated heterocycles. The lowest BCUT2D eigenvalue weighted by Crippen LogP contribution is -2.32. The van der Waals surface area contributed by atoms with E-state index in [-0.39, 0.29) is 5.82 Å². The van der Waals surface area contributed by atoms with Crippen LogP contribution in [0.1, 0.15) is 6.23 Å². The minimum absolute atomic E-state index is 0.256. The number of nitrogen functional groups attached to an aromatic ring is 1. The Morgan fingerprint density at radius 2 is 2.14 bits per heavy atom. The maximum Gasteiger partial charge on any atom is 0.167 e. The summed E-state index contributed by atoms with van der Waals surface area (Å²) in [4.78, 5) is 12.1. The van der Waals surface area contributed by atoms with Gasteiger partial charge < -0.3 is 20.7 Å². The Bertz CT molecular complexity index is 657. The van der Waals surface area contributed by atoms with Crippen LogP contribution in [0.25, 0.3) is 11.2 Å². The summed E-state index contributed by atoms with van der Waals surface area (Å²) in [5.74, 6) is 2.09. The first-order chi connectivity index (χ1) is 10.6. The molecular weight excluding hydrogens is 330 g/mol. The van der Waals surface area contributed by atoms with Crippen LogP contribution >= 0.6 is 23.4 Å². The summed E-state index contributed by atoms with van der Waals surface area (Å²) in [6.07, 6.45) is -0.508. The minimum atomic E-state index is -1.07. The van der Waals surface area contributed by atoms with Gasteiger partial charge in [0.15, 0.2) is 17.7 Å². The van der Waals surface area contributed by atoms with E-state index in [9.17, 15) is 10.2 Å². The number of halogens is 1. The summed E-state index contributed by atoms with van der Waals surface area (Å²) < 4.78 is 7.35. The molecule has 0 saturated carbocycles. The number of hydrogen-bond donors (Lipinski definition) is 3. The molecule has 22 heavy (non-hydrogen) atoms. The van der Waals surface area contributed by atoms with Gasteiger partial charge in [-0.3, -0.25) is 4.57 Å². The van der Waals surface area contributed by atoms with E-state index in [4.69, 9.17) is 22.1 Å². The number of hydrogen-bond acceptors (Lipinski definition) is 8. The molecule has 3 rings (SSSR count). The van der Waals surface area contributed by atoms with Crippen molar-refractivity contribution in [2.45, 2.75) is 24.5 Å². The van der Waals surface area contributed by atoms with Crippen LogP contribution in [0.5, 0.6) is 0 Å². The SMILES string of the molecule is Nc1ncnc2c1ncn2C1OC(CSCCCl)C(O)C1O. The molecular formula is C12H16ClN5O3S. The van der Waals surface area contributed by atoms with Gasteiger partial charge in [-0.05, 0) is 0 Å². The van der Waals surface area contributed by atoms with Crippen LogP contribution < -0.4 is 5.73 Å². The molecule has 120 valence electrons. The summed E-state index contributed by atoms with van der Waals surface area (Å²) in [7, 11) is 0. The Morgan fingerprint density at radius 1 is 1.32 bits per heavy atom. The van der Waals surface area contributed by atoms with Crippen molar-refractivity contribution in [3.63, 3.8) is 0 Å². The van der Waals surface area contributed by atoms with E-state index in [2.05, 4.69) is 15.0 Å². The van der Waals surface area contributed by atoms with Crippen LogP contribution in [-0.4, -0.2) is 65.4 Å². The molecule has 4 N–H and O–H groups in total. The molecule has 3 heterocycles. The van der Waals surface area contributed by atoms with Crippen molar-refractivity contribution >= 4 is 40.3 Å². The third kappa shape index (κ3) is 2.74. The number of aromatic nitrogens is 4. The fourth-order valence-electron chi connectivity index (χ4n) is 2.41. The predicted octanol–water partition coefficient (Wildman–Crippen LogP) is -0.000300. The fraction of sp³-hybridized carbons (Fsp3) is 0.583. The van der Waals surface area contributed by atoms with E-state index in [0.29, 0.717) is 22.8 Å². The second-order valence-electron chi connectivity index (χ2n) is 4.89. The molecule has 0 aromatic carbocycles. The van der Waals surface area contributed by atoms with Gasteiger partial charge >= 0.3 is 0 Å². The average Bonchev–Trinajstić information content (AvgIpc) is 3.05. The molecule has 8 nitrogen and oxygen atoms in total. The third-order valence-electron chi connectivity index (χ3n) is 3.50. The first-order valence-electron chi connectivity index (χ1n) is 6.71. The van der Waals surface area contributed by atoms with Crippen molar-refractivity contribution < 1.29 is 14.9 Å². The molecule has 0 radical (unpaired) electrons. The number of rotatable bonds is 5. The van der Waals surface area contributed by atoms with Crippen LogP contribution in [-0.2, 0) is 4.74 Å². The smallest absolute Gasteiger partial charge is 0.167 e. The molecule has 4 unspecified atom stereocenters. The fourth-order valence-corrected chi connectivity index (χ4v) is 3.52. The number of anilines is 1. The topological polar surface area (TPSA) is 119 Å². The van der Waals surface area contributed by atoms with Crippen LogP contribution in [0.4, 0.5) is 5.82 Å². The van der Waals surface area contributed by atoms with Crippen LogP contribution in [0.15, 0.2) is 12.7 Å². The number of aliphatic hydroxyl groups is 2. The van der Waals surface area contributed by atoms with Crippen LogP contribution in [0, 0.1) is 0 Å². The standard InChI is InChI=1S/C12H16ClN5O3S/c13-1-2-22-3-6-8(19)9(20)12(21-6)18-5-17-7-10(14)15-4-16-11(7)18/h4-6,8-9,12,19-20H,1-3H2,(H2,14,15,16). The zero-order valence-corrected chi connectivity index (χ0v) is 13.1. The highest BCUT2D eigenvalue weighted by atomic mass is 35.5. The van der Waals surface area contributed by atoms with E-state index in [0.717, 1.165) is 5.75 Å². The number of imidazole rings is 1. The molecule has 1 aliphatic heterocycles. The van der Waals surface area contributed by atoms with Gasteiger partial charge in [-0.15, -0.1) is 11.6 Å². The highest BCUT2D eigenvalue weighted by Gasteiger charge is 2.44. The Balaban J connectivity index is 1.83. The molecule has 0 aliphatic carbocycles. The molecule has 2 aromatic rings. The van der Waals surface area contributed by atoms with Crippen molar-refractivity contribution in [2.75, 3.05) is 23.1 Å². The normalized spacial score (nSPS) is 28.5. The molecule has 0 amide bonds. The summed E-state index contributed by atoms with van der Waals surface area (Å²) >= 11 is 7.19. The molecule has 0 bridgehead atoms. The second-order valence-corrected chi connectivity index (χ2v) is 6.42. The summed E-state index contributed by atoms with van der Waals surface area (Å²) in [5, 5.41) is 20.4. The van der Waals surface area contributed by atoms with E-state index in [1.54, 1.807) is 16.3 Å². The Hall–Kier alpha value is -1.13. The molecule has 0 spiro atoms. The molecule has 4 atom stereocenters. The third-order valence-corrected chi connectivity index (χ3v) is 4.97. The maximum atomic E-state index is 10.3.